The lowest BCUT2D eigenvalue weighted by Gasteiger charge is -2.31. The Kier molecular flexibility index (Phi) is 5.45. The van der Waals surface area contributed by atoms with Crippen LogP contribution in [0, 0.1) is 12.8 Å². The summed E-state index contributed by atoms with van der Waals surface area (Å²) in [6.07, 6.45) is 2.26. The maximum Gasteiger partial charge on any atom is 0.303 e. The number of piperidine rings is 1. The smallest absolute Gasteiger partial charge is 0.303 e. The molecule has 0 radical (unpaired) electrons. The van der Waals surface area contributed by atoms with Crippen LogP contribution in [-0.4, -0.2) is 36.9 Å². The SMILES string of the molecule is Cc1sc(Br)cc1S(=O)(=O)N1CCC(CCC(=O)O)CC1. The van der Waals surface area contributed by atoms with Crippen LogP contribution in [0.15, 0.2) is 14.7 Å². The van der Waals surface area contributed by atoms with E-state index in [-0.39, 0.29) is 6.42 Å². The summed E-state index contributed by atoms with van der Waals surface area (Å²) in [4.78, 5) is 11.7. The van der Waals surface area contributed by atoms with Crippen molar-refractivity contribution in [3.63, 3.8) is 0 Å². The van der Waals surface area contributed by atoms with E-state index in [0.717, 1.165) is 21.5 Å². The third-order valence-electron chi connectivity index (χ3n) is 3.80. The molecule has 0 saturated carbocycles. The number of carboxylic acids is 1. The van der Waals surface area contributed by atoms with Crippen LogP contribution in [0.25, 0.3) is 0 Å². The second-order valence-corrected chi connectivity index (χ2v) is 9.79. The van der Waals surface area contributed by atoms with Crippen molar-refractivity contribution in [2.45, 2.75) is 37.5 Å². The molecule has 1 aromatic rings. The van der Waals surface area contributed by atoms with E-state index >= 15 is 0 Å². The summed E-state index contributed by atoms with van der Waals surface area (Å²) in [5, 5.41) is 8.70. The van der Waals surface area contributed by atoms with E-state index in [1.165, 1.54) is 15.6 Å². The normalized spacial score (nSPS) is 18.0. The molecule has 118 valence electrons. The van der Waals surface area contributed by atoms with E-state index in [0.29, 0.717) is 30.3 Å². The van der Waals surface area contributed by atoms with Crippen molar-refractivity contribution in [3.8, 4) is 0 Å². The Bertz CT molecular complexity index is 618. The summed E-state index contributed by atoms with van der Waals surface area (Å²) in [6.45, 7) is 2.75. The van der Waals surface area contributed by atoms with Gasteiger partial charge in [0.25, 0.3) is 0 Å². The third kappa shape index (κ3) is 4.06. The molecule has 0 atom stereocenters. The van der Waals surface area contributed by atoms with Gasteiger partial charge in [0.2, 0.25) is 10.0 Å². The lowest BCUT2D eigenvalue weighted by molar-refractivity contribution is -0.137. The van der Waals surface area contributed by atoms with Gasteiger partial charge in [-0.1, -0.05) is 0 Å². The van der Waals surface area contributed by atoms with Gasteiger partial charge in [-0.2, -0.15) is 4.31 Å². The molecular formula is C13H18BrNO4S2. The Balaban J connectivity index is 2.01. The Labute approximate surface area is 137 Å². The van der Waals surface area contributed by atoms with Gasteiger partial charge in [-0.25, -0.2) is 8.42 Å². The highest BCUT2D eigenvalue weighted by Crippen LogP contribution is 2.33. The maximum absolute atomic E-state index is 12.6. The Morgan fingerprint density at radius 1 is 1.48 bits per heavy atom. The monoisotopic (exact) mass is 395 g/mol. The van der Waals surface area contributed by atoms with E-state index < -0.39 is 16.0 Å². The number of hydrogen-bond donors (Lipinski definition) is 1. The Morgan fingerprint density at radius 3 is 2.57 bits per heavy atom. The fourth-order valence-corrected chi connectivity index (χ4v) is 6.44. The third-order valence-corrected chi connectivity index (χ3v) is 7.51. The molecule has 1 saturated heterocycles. The molecule has 1 aromatic heterocycles. The van der Waals surface area contributed by atoms with Gasteiger partial charge in [-0.05, 0) is 54.1 Å². The number of aryl methyl sites for hydroxylation is 1. The number of carbonyl (C=O) groups is 1. The second-order valence-electron chi connectivity index (χ2n) is 5.25. The molecule has 21 heavy (non-hydrogen) atoms. The predicted molar refractivity (Wildman–Crippen MR) is 85.1 cm³/mol. The van der Waals surface area contributed by atoms with Crippen LogP contribution >= 0.6 is 27.3 Å². The topological polar surface area (TPSA) is 74.7 Å². The second kappa shape index (κ2) is 6.76. The van der Waals surface area contributed by atoms with Crippen molar-refractivity contribution in [3.05, 3.63) is 14.7 Å². The molecule has 8 heteroatoms. The van der Waals surface area contributed by atoms with Crippen molar-refractivity contribution in [2.24, 2.45) is 5.92 Å². The highest BCUT2D eigenvalue weighted by Gasteiger charge is 2.31. The lowest BCUT2D eigenvalue weighted by atomic mass is 9.93. The minimum atomic E-state index is -3.43. The first-order valence-corrected chi connectivity index (χ1v) is 9.83. The maximum atomic E-state index is 12.6. The van der Waals surface area contributed by atoms with Crippen LogP contribution in [0.3, 0.4) is 0 Å². The zero-order valence-corrected chi connectivity index (χ0v) is 14.9. The molecule has 5 nitrogen and oxygen atoms in total. The summed E-state index contributed by atoms with van der Waals surface area (Å²) in [6, 6.07) is 1.66. The summed E-state index contributed by atoms with van der Waals surface area (Å²) in [7, 11) is -3.43. The zero-order valence-electron chi connectivity index (χ0n) is 11.7. The minimum absolute atomic E-state index is 0.161. The van der Waals surface area contributed by atoms with Crippen molar-refractivity contribution in [1.29, 1.82) is 0 Å². The number of nitrogens with zero attached hydrogens (tertiary/aromatic N) is 1. The predicted octanol–water partition coefficient (Wildman–Crippen LogP) is 3.08. The van der Waals surface area contributed by atoms with Crippen molar-refractivity contribution in [2.75, 3.05) is 13.1 Å². The standard InChI is InChI=1S/C13H18BrNO4S2/c1-9-11(8-12(14)20-9)21(18,19)15-6-4-10(5-7-15)2-3-13(16)17/h8,10H,2-7H2,1H3,(H,16,17). The van der Waals surface area contributed by atoms with Gasteiger partial charge >= 0.3 is 5.97 Å². The van der Waals surface area contributed by atoms with Crippen molar-refractivity contribution in [1.82, 2.24) is 4.31 Å². The molecule has 1 aliphatic heterocycles. The van der Waals surface area contributed by atoms with Crippen LogP contribution in [0.2, 0.25) is 0 Å². The highest BCUT2D eigenvalue weighted by atomic mass is 79.9. The molecular weight excluding hydrogens is 378 g/mol. The van der Waals surface area contributed by atoms with Crippen LogP contribution < -0.4 is 0 Å². The molecule has 2 rings (SSSR count). The van der Waals surface area contributed by atoms with Gasteiger partial charge < -0.3 is 5.11 Å². The van der Waals surface area contributed by atoms with Crippen LogP contribution in [0.5, 0.6) is 0 Å². The van der Waals surface area contributed by atoms with Crippen LogP contribution in [-0.2, 0) is 14.8 Å². The van der Waals surface area contributed by atoms with Crippen LogP contribution in [0.4, 0.5) is 0 Å². The summed E-state index contributed by atoms with van der Waals surface area (Å²) >= 11 is 4.74. The molecule has 0 unspecified atom stereocenters. The molecule has 2 heterocycles. The van der Waals surface area contributed by atoms with E-state index in [4.69, 9.17) is 5.11 Å². The first-order chi connectivity index (χ1) is 9.80. The fourth-order valence-electron chi connectivity index (χ4n) is 2.59. The Hall–Kier alpha value is -0.440. The first-order valence-electron chi connectivity index (χ1n) is 6.78. The van der Waals surface area contributed by atoms with Gasteiger partial charge in [0.05, 0.1) is 8.68 Å². The molecule has 1 fully saturated rings. The van der Waals surface area contributed by atoms with Crippen molar-refractivity contribution < 1.29 is 18.3 Å². The molecule has 0 spiro atoms. The molecule has 0 aliphatic carbocycles. The Morgan fingerprint density at radius 2 is 2.10 bits per heavy atom. The van der Waals surface area contributed by atoms with Gasteiger partial charge in [0, 0.05) is 24.4 Å². The summed E-state index contributed by atoms with van der Waals surface area (Å²) < 4.78 is 27.6. The highest BCUT2D eigenvalue weighted by molar-refractivity contribution is 9.11. The van der Waals surface area contributed by atoms with Gasteiger partial charge in [0.15, 0.2) is 0 Å². The van der Waals surface area contributed by atoms with E-state index in [9.17, 15) is 13.2 Å². The van der Waals surface area contributed by atoms with E-state index in [2.05, 4.69) is 15.9 Å². The number of halogens is 1. The number of sulfonamides is 1. The van der Waals surface area contributed by atoms with E-state index in [1.54, 1.807) is 6.07 Å². The quantitative estimate of drug-likeness (QED) is 0.830. The number of rotatable bonds is 5. The van der Waals surface area contributed by atoms with Gasteiger partial charge in [0.1, 0.15) is 0 Å². The largest absolute Gasteiger partial charge is 0.481 e. The number of carboxylic acid groups (broad SMARTS) is 1. The zero-order chi connectivity index (χ0) is 15.6. The number of aliphatic carboxylic acids is 1. The molecule has 0 bridgehead atoms. The number of thiophene rings is 1. The fraction of sp³-hybridized carbons (Fsp3) is 0.615. The van der Waals surface area contributed by atoms with Gasteiger partial charge in [-0.15, -0.1) is 11.3 Å². The van der Waals surface area contributed by atoms with E-state index in [1.807, 2.05) is 6.92 Å². The molecule has 1 N–H and O–H groups in total. The molecule has 0 amide bonds. The lowest BCUT2D eigenvalue weighted by Crippen LogP contribution is -2.38. The van der Waals surface area contributed by atoms with Crippen LogP contribution in [0.1, 0.15) is 30.6 Å². The minimum Gasteiger partial charge on any atom is -0.481 e. The summed E-state index contributed by atoms with van der Waals surface area (Å²) in [5.41, 5.74) is 0. The van der Waals surface area contributed by atoms with Gasteiger partial charge in [-0.3, -0.25) is 4.79 Å². The summed E-state index contributed by atoms with van der Waals surface area (Å²) in [5.74, 6) is -0.480. The number of hydrogen-bond acceptors (Lipinski definition) is 4. The molecule has 1 aliphatic rings. The average molecular weight is 396 g/mol. The first kappa shape index (κ1) is 16.9. The van der Waals surface area contributed by atoms with Crippen molar-refractivity contribution >= 4 is 43.3 Å². The average Bonchev–Trinajstić information content (AvgIpc) is 2.76. The molecule has 0 aromatic carbocycles.